The fraction of sp³-hybridized carbons (Fsp3) is 0.667. The first kappa shape index (κ1) is 24.9. The highest BCUT2D eigenvalue weighted by molar-refractivity contribution is 5.98. The number of carbonyl (C=O) groups excluding carboxylic acids is 2. The zero-order chi connectivity index (χ0) is 24.3. The number of rotatable bonds is 9. The van der Waals surface area contributed by atoms with Crippen molar-refractivity contribution in [3.63, 3.8) is 0 Å². The summed E-state index contributed by atoms with van der Waals surface area (Å²) in [7, 11) is 0. The average molecular weight is 483 g/mol. The summed E-state index contributed by atoms with van der Waals surface area (Å²) in [5.74, 6) is 0.164. The molecule has 0 bridgehead atoms. The number of ether oxygens (including phenoxy) is 1. The number of carbonyl (C=O) groups is 2. The summed E-state index contributed by atoms with van der Waals surface area (Å²) >= 11 is 0. The quantitative estimate of drug-likeness (QED) is 0.564. The number of alkyl halides is 3. The second-order valence-corrected chi connectivity index (χ2v) is 9.62. The van der Waals surface area contributed by atoms with Crippen LogP contribution in [0.1, 0.15) is 44.1 Å². The van der Waals surface area contributed by atoms with Crippen LogP contribution >= 0.6 is 0 Å². The van der Waals surface area contributed by atoms with Gasteiger partial charge in [-0.3, -0.25) is 14.5 Å². The van der Waals surface area contributed by atoms with Gasteiger partial charge in [-0.25, -0.2) is 0 Å². The van der Waals surface area contributed by atoms with E-state index in [1.54, 1.807) is 0 Å². The molecular weight excluding hydrogens is 449 g/mol. The van der Waals surface area contributed by atoms with Crippen LogP contribution in [0.5, 0.6) is 0 Å². The summed E-state index contributed by atoms with van der Waals surface area (Å²) in [6.45, 7) is 1.62. The van der Waals surface area contributed by atoms with Crippen molar-refractivity contribution in [1.29, 1.82) is 0 Å². The Balaban J connectivity index is 1.52. The number of hydrogen-bond donors (Lipinski definition) is 2. The number of nitrogens with one attached hydrogen (secondary N) is 1. The maximum atomic E-state index is 13.9. The summed E-state index contributed by atoms with van der Waals surface area (Å²) < 4.78 is 46.6. The lowest BCUT2D eigenvalue weighted by atomic mass is 9.82. The van der Waals surface area contributed by atoms with Crippen LogP contribution in [0, 0.1) is 11.8 Å². The number of benzene rings is 1. The van der Waals surface area contributed by atoms with Crippen LogP contribution in [0.3, 0.4) is 0 Å². The number of nitrogens with two attached hydrogens (primary N) is 1. The van der Waals surface area contributed by atoms with E-state index in [1.807, 2.05) is 0 Å². The second kappa shape index (κ2) is 10.6. The maximum absolute atomic E-state index is 13.9. The highest BCUT2D eigenvalue weighted by atomic mass is 19.4. The van der Waals surface area contributed by atoms with Gasteiger partial charge in [0.25, 0.3) is 5.91 Å². The number of amides is 2. The van der Waals surface area contributed by atoms with Gasteiger partial charge in [-0.15, -0.1) is 0 Å². The average Bonchev–Trinajstić information content (AvgIpc) is 2.73. The van der Waals surface area contributed by atoms with Crippen molar-refractivity contribution in [1.82, 2.24) is 4.90 Å². The first-order valence-corrected chi connectivity index (χ1v) is 12.1. The highest BCUT2D eigenvalue weighted by Crippen LogP contribution is 2.39. The molecule has 2 saturated carbocycles. The van der Waals surface area contributed by atoms with Crippen LogP contribution in [0.2, 0.25) is 0 Å². The first-order valence-electron chi connectivity index (χ1n) is 12.1. The minimum absolute atomic E-state index is 0.0347. The van der Waals surface area contributed by atoms with Crippen molar-refractivity contribution in [3.8, 4) is 0 Å². The molecule has 188 valence electrons. The zero-order valence-corrected chi connectivity index (χ0v) is 19.3. The van der Waals surface area contributed by atoms with E-state index < -0.39 is 29.6 Å². The van der Waals surface area contributed by atoms with Crippen LogP contribution < -0.4 is 16.0 Å². The van der Waals surface area contributed by atoms with Crippen molar-refractivity contribution < 1.29 is 27.5 Å². The second-order valence-electron chi connectivity index (χ2n) is 9.62. The number of nitrogens with zero attached hydrogens (tertiary/aromatic N) is 2. The van der Waals surface area contributed by atoms with E-state index in [-0.39, 0.29) is 37.7 Å². The van der Waals surface area contributed by atoms with Gasteiger partial charge in [0.15, 0.2) is 0 Å². The van der Waals surface area contributed by atoms with Crippen molar-refractivity contribution in [2.75, 3.05) is 49.6 Å². The molecule has 3 N–H and O–H groups in total. The molecule has 4 rings (SSSR count). The summed E-state index contributed by atoms with van der Waals surface area (Å²) in [5.41, 5.74) is 4.83. The summed E-state index contributed by atoms with van der Waals surface area (Å²) in [5, 5.41) is 2.66. The minimum Gasteiger partial charge on any atom is -0.370 e. The molecule has 1 aromatic rings. The summed E-state index contributed by atoms with van der Waals surface area (Å²) in [6.07, 6.45) is 2.24. The van der Waals surface area contributed by atoms with Crippen LogP contribution in [0.15, 0.2) is 18.2 Å². The molecule has 34 heavy (non-hydrogen) atoms. The van der Waals surface area contributed by atoms with E-state index in [4.69, 9.17) is 10.5 Å². The van der Waals surface area contributed by atoms with Crippen LogP contribution in [-0.4, -0.2) is 62.1 Å². The highest BCUT2D eigenvalue weighted by Gasteiger charge is 2.38. The molecule has 2 amide bonds. The van der Waals surface area contributed by atoms with Crippen molar-refractivity contribution in [3.05, 3.63) is 23.8 Å². The van der Waals surface area contributed by atoms with Gasteiger partial charge >= 0.3 is 6.18 Å². The predicted molar refractivity (Wildman–Crippen MR) is 122 cm³/mol. The van der Waals surface area contributed by atoms with Crippen molar-refractivity contribution in [2.45, 2.75) is 50.7 Å². The van der Waals surface area contributed by atoms with Crippen LogP contribution in [0.25, 0.3) is 0 Å². The Bertz CT molecular complexity index is 871. The largest absolute Gasteiger partial charge is 0.418 e. The van der Waals surface area contributed by atoms with E-state index in [1.165, 1.54) is 25.0 Å². The number of hydrogen-bond acceptors (Lipinski definition) is 5. The first-order chi connectivity index (χ1) is 16.3. The van der Waals surface area contributed by atoms with Gasteiger partial charge in [-0.05, 0) is 55.7 Å². The molecule has 7 nitrogen and oxygen atoms in total. The number of morpholine rings is 1. The molecule has 3 aliphatic rings. The van der Waals surface area contributed by atoms with E-state index in [0.29, 0.717) is 11.8 Å². The van der Waals surface area contributed by atoms with Crippen molar-refractivity contribution in [2.24, 2.45) is 17.6 Å². The van der Waals surface area contributed by atoms with E-state index >= 15 is 0 Å². The number of anilines is 2. The Hall–Kier alpha value is -2.17. The molecule has 1 saturated heterocycles. The Morgan fingerprint density at radius 3 is 2.32 bits per heavy atom. The SMILES string of the molecule is NC[C@H](C(=O)Nc1ccc(N2CCOCC2=O)c(C(F)(F)F)c1)N(CC1CCC1)CC1CCC1. The van der Waals surface area contributed by atoms with E-state index in [9.17, 15) is 22.8 Å². The third kappa shape index (κ3) is 5.72. The van der Waals surface area contributed by atoms with E-state index in [0.717, 1.165) is 49.7 Å². The fourth-order valence-corrected chi connectivity index (χ4v) is 4.84. The zero-order valence-electron chi connectivity index (χ0n) is 19.3. The van der Waals surface area contributed by atoms with E-state index in [2.05, 4.69) is 10.2 Å². The molecule has 0 aromatic heterocycles. The van der Waals surface area contributed by atoms with Crippen LogP contribution in [-0.2, 0) is 20.5 Å². The third-order valence-electron chi connectivity index (χ3n) is 7.25. The lowest BCUT2D eigenvalue weighted by Gasteiger charge is -2.40. The van der Waals surface area contributed by atoms with Gasteiger partial charge < -0.3 is 20.7 Å². The molecule has 1 aromatic carbocycles. The monoisotopic (exact) mass is 482 g/mol. The molecule has 1 heterocycles. The molecular formula is C24H33F3N4O3. The van der Waals surface area contributed by atoms with Gasteiger partial charge in [0.05, 0.1) is 17.9 Å². The van der Waals surface area contributed by atoms with Gasteiger partial charge in [0.1, 0.15) is 12.6 Å². The predicted octanol–water partition coefficient (Wildman–Crippen LogP) is 3.24. The smallest absolute Gasteiger partial charge is 0.370 e. The molecule has 0 radical (unpaired) electrons. The Labute approximate surface area is 197 Å². The standard InChI is InChI=1S/C24H33F3N4O3/c25-24(26,27)19-11-18(7-8-20(19)31-9-10-34-15-22(31)32)29-23(33)21(12-28)30(13-16-3-1-4-16)14-17-5-2-6-17/h7-8,11,16-17,21H,1-6,9-10,12-15,28H2,(H,29,33)/t21-/m1/s1. The maximum Gasteiger partial charge on any atom is 0.418 e. The molecule has 10 heteroatoms. The molecule has 1 aliphatic heterocycles. The van der Waals surface area contributed by atoms with Gasteiger partial charge in [0, 0.05) is 31.9 Å². The summed E-state index contributed by atoms with van der Waals surface area (Å²) in [4.78, 5) is 28.5. The molecule has 0 unspecified atom stereocenters. The topological polar surface area (TPSA) is 87.9 Å². The molecule has 1 atom stereocenters. The third-order valence-corrected chi connectivity index (χ3v) is 7.25. The van der Waals surface area contributed by atoms with Gasteiger partial charge in [-0.2, -0.15) is 13.2 Å². The lowest BCUT2D eigenvalue weighted by molar-refractivity contribution is -0.137. The van der Waals surface area contributed by atoms with Crippen molar-refractivity contribution >= 4 is 23.2 Å². The molecule has 0 spiro atoms. The van der Waals surface area contributed by atoms with Crippen LogP contribution in [0.4, 0.5) is 24.5 Å². The normalized spacial score (nSPS) is 20.7. The fourth-order valence-electron chi connectivity index (χ4n) is 4.84. The Morgan fingerprint density at radius 2 is 1.82 bits per heavy atom. The van der Waals surface area contributed by atoms with Gasteiger partial charge in [-0.1, -0.05) is 12.8 Å². The minimum atomic E-state index is -4.69. The Morgan fingerprint density at radius 1 is 1.18 bits per heavy atom. The Kier molecular flexibility index (Phi) is 7.79. The molecule has 2 aliphatic carbocycles. The molecule has 3 fully saturated rings. The lowest BCUT2D eigenvalue weighted by Crippen LogP contribution is -2.52. The summed E-state index contributed by atoms with van der Waals surface area (Å²) in [6, 6.07) is 2.93. The number of halogens is 3. The van der Waals surface area contributed by atoms with Gasteiger partial charge in [0.2, 0.25) is 5.91 Å².